The van der Waals surface area contributed by atoms with Gasteiger partial charge in [-0.2, -0.15) is 4.80 Å². The predicted molar refractivity (Wildman–Crippen MR) is 194 cm³/mol. The Morgan fingerprint density at radius 1 is 0.891 bits per heavy atom. The summed E-state index contributed by atoms with van der Waals surface area (Å²) in [6.45, 7) is 25.6. The Morgan fingerprint density at radius 2 is 1.48 bits per heavy atom. The molecule has 0 saturated carbocycles. The van der Waals surface area contributed by atoms with Crippen molar-refractivity contribution in [2.45, 2.75) is 92.9 Å². The third-order valence-electron chi connectivity index (χ3n) is 8.44. The Balaban J connectivity index is 0.00000177. The number of nitrogens with zero attached hydrogens (tertiary/aromatic N) is 4. The van der Waals surface area contributed by atoms with E-state index in [1.807, 2.05) is 46.8 Å². The molecule has 0 saturated heterocycles. The van der Waals surface area contributed by atoms with Crippen molar-refractivity contribution in [3.63, 3.8) is 0 Å². The molecule has 1 amide bonds. The van der Waals surface area contributed by atoms with Gasteiger partial charge in [0.25, 0.3) is 5.91 Å². The van der Waals surface area contributed by atoms with Crippen LogP contribution in [0.5, 0.6) is 0 Å². The van der Waals surface area contributed by atoms with Crippen molar-refractivity contribution >= 4 is 23.2 Å². The fourth-order valence-corrected chi connectivity index (χ4v) is 5.45. The molecule has 4 aromatic rings. The fourth-order valence-electron chi connectivity index (χ4n) is 5.45. The van der Waals surface area contributed by atoms with E-state index in [-0.39, 0.29) is 16.7 Å². The van der Waals surface area contributed by atoms with Gasteiger partial charge in [-0.05, 0) is 59.9 Å². The first-order chi connectivity index (χ1) is 22.0. The van der Waals surface area contributed by atoms with Crippen LogP contribution in [0.25, 0.3) is 16.7 Å². The summed E-state index contributed by atoms with van der Waals surface area (Å²) in [6, 6.07) is 20.3. The zero-order valence-corrected chi connectivity index (χ0v) is 29.9. The van der Waals surface area contributed by atoms with Gasteiger partial charge in [0, 0.05) is 30.0 Å². The smallest absolute Gasteiger partial charge is 0.254 e. The highest BCUT2D eigenvalue weighted by Gasteiger charge is 2.30. The second kappa shape index (κ2) is 16.8. The first kappa shape index (κ1) is 37.9. The number of aromatic nitrogens is 3. The number of carbonyl (C=O) groups is 2. The molecule has 1 heterocycles. The summed E-state index contributed by atoms with van der Waals surface area (Å²) in [5, 5.41) is 9.59. The van der Waals surface area contributed by atoms with Crippen LogP contribution in [0.1, 0.15) is 119 Å². The van der Waals surface area contributed by atoms with Crippen molar-refractivity contribution in [3.05, 3.63) is 113 Å². The van der Waals surface area contributed by atoms with E-state index in [0.717, 1.165) is 41.5 Å². The van der Waals surface area contributed by atoms with Crippen molar-refractivity contribution in [3.8, 4) is 5.69 Å². The second-order valence-electron chi connectivity index (χ2n) is 11.9. The second-order valence-corrected chi connectivity index (χ2v) is 11.9. The summed E-state index contributed by atoms with van der Waals surface area (Å²) in [5.41, 5.74) is 6.49. The zero-order valence-electron chi connectivity index (χ0n) is 29.9. The van der Waals surface area contributed by atoms with E-state index in [9.17, 15) is 9.59 Å². The van der Waals surface area contributed by atoms with Gasteiger partial charge < -0.3 is 4.90 Å². The standard InChI is InChI=1S/C36H42N4O2.2C2H6/c1-9-12-18-39(8)34(42)31-23-33-32(19-25(31)24-41)37-40(38-33)30-21-28(35(4,5)26(10-2)11-3)20-29(22-30)36(6,7)27-16-14-13-15-17-27;2*1-2/h10-11,13-17,19-24H,2,9,12,18H2,1,3-8H3;2*1-2H3/b26-11+;;. The topological polar surface area (TPSA) is 68.1 Å². The molecule has 0 atom stereocenters. The van der Waals surface area contributed by atoms with Crippen LogP contribution in [0.2, 0.25) is 0 Å². The molecular formula is C40H54N4O2. The molecule has 0 bridgehead atoms. The van der Waals surface area contributed by atoms with E-state index < -0.39 is 0 Å². The van der Waals surface area contributed by atoms with Crippen LogP contribution < -0.4 is 0 Å². The third-order valence-corrected chi connectivity index (χ3v) is 8.44. The van der Waals surface area contributed by atoms with Crippen molar-refractivity contribution < 1.29 is 9.59 Å². The van der Waals surface area contributed by atoms with Crippen molar-refractivity contribution in [2.24, 2.45) is 0 Å². The lowest BCUT2D eigenvalue weighted by Crippen LogP contribution is -2.28. The molecule has 0 spiro atoms. The summed E-state index contributed by atoms with van der Waals surface area (Å²) >= 11 is 0. The molecule has 46 heavy (non-hydrogen) atoms. The number of unbranched alkanes of at least 4 members (excludes halogenated alkanes) is 1. The number of hydrogen-bond acceptors (Lipinski definition) is 4. The molecule has 1 aromatic heterocycles. The number of aldehydes is 1. The lowest BCUT2D eigenvalue weighted by atomic mass is 9.72. The van der Waals surface area contributed by atoms with Gasteiger partial charge in [-0.1, -0.05) is 124 Å². The third kappa shape index (κ3) is 8.09. The highest BCUT2D eigenvalue weighted by molar-refractivity contribution is 6.04. The molecule has 0 aliphatic carbocycles. The minimum Gasteiger partial charge on any atom is -0.342 e. The Morgan fingerprint density at radius 3 is 2.02 bits per heavy atom. The van der Waals surface area contributed by atoms with Gasteiger partial charge in [0.2, 0.25) is 0 Å². The number of amides is 1. The minimum atomic E-state index is -0.325. The maximum atomic E-state index is 13.2. The zero-order chi connectivity index (χ0) is 34.7. The van der Waals surface area contributed by atoms with E-state index in [1.165, 1.54) is 5.56 Å². The monoisotopic (exact) mass is 622 g/mol. The number of allylic oxidation sites excluding steroid dienone is 3. The molecule has 6 nitrogen and oxygen atoms in total. The van der Waals surface area contributed by atoms with Crippen molar-refractivity contribution in [1.29, 1.82) is 0 Å². The Hall–Kier alpha value is -4.32. The molecule has 0 fully saturated rings. The van der Waals surface area contributed by atoms with Crippen LogP contribution in [0.3, 0.4) is 0 Å². The van der Waals surface area contributed by atoms with Gasteiger partial charge in [0.15, 0.2) is 6.29 Å². The largest absolute Gasteiger partial charge is 0.342 e. The Kier molecular flexibility index (Phi) is 13.9. The summed E-state index contributed by atoms with van der Waals surface area (Å²) < 4.78 is 0. The molecule has 246 valence electrons. The first-order valence-electron chi connectivity index (χ1n) is 16.6. The maximum Gasteiger partial charge on any atom is 0.254 e. The summed E-state index contributed by atoms with van der Waals surface area (Å²) in [5.74, 6) is -0.194. The van der Waals surface area contributed by atoms with Gasteiger partial charge in [-0.3, -0.25) is 9.59 Å². The molecule has 0 unspecified atom stereocenters. The molecular weight excluding hydrogens is 568 g/mol. The lowest BCUT2D eigenvalue weighted by Gasteiger charge is -2.32. The van der Waals surface area contributed by atoms with Crippen LogP contribution in [0.4, 0.5) is 0 Å². The van der Waals surface area contributed by atoms with Gasteiger partial charge in [-0.25, -0.2) is 0 Å². The number of benzene rings is 3. The van der Waals surface area contributed by atoms with Crippen LogP contribution in [-0.2, 0) is 10.8 Å². The number of carbonyl (C=O) groups excluding carboxylic acids is 2. The van der Waals surface area contributed by atoms with Crippen LogP contribution in [-0.4, -0.2) is 45.7 Å². The summed E-state index contributed by atoms with van der Waals surface area (Å²) in [4.78, 5) is 28.5. The molecule has 3 aromatic carbocycles. The first-order valence-corrected chi connectivity index (χ1v) is 16.6. The molecule has 6 heteroatoms. The molecule has 0 aliphatic heterocycles. The van der Waals surface area contributed by atoms with Crippen LogP contribution in [0.15, 0.2) is 85.0 Å². The van der Waals surface area contributed by atoms with E-state index in [0.29, 0.717) is 28.7 Å². The predicted octanol–water partition coefficient (Wildman–Crippen LogP) is 9.89. The maximum absolute atomic E-state index is 13.2. The molecule has 4 rings (SSSR count). The quantitative estimate of drug-likeness (QED) is 0.123. The molecule has 0 N–H and O–H groups in total. The van der Waals surface area contributed by atoms with Crippen molar-refractivity contribution in [1.82, 2.24) is 19.9 Å². The fraction of sp³-hybridized carbons (Fsp3) is 0.400. The van der Waals surface area contributed by atoms with E-state index >= 15 is 0 Å². The summed E-state index contributed by atoms with van der Waals surface area (Å²) in [6.07, 6.45) is 6.60. The molecule has 0 aliphatic rings. The Bertz CT molecular complexity index is 1640. The van der Waals surface area contributed by atoms with E-state index in [1.54, 1.807) is 28.9 Å². The normalized spacial score (nSPS) is 11.6. The number of rotatable bonds is 11. The van der Waals surface area contributed by atoms with Crippen LogP contribution in [0, 0.1) is 0 Å². The number of fused-ring (bicyclic) bond motifs is 1. The highest BCUT2D eigenvalue weighted by atomic mass is 16.2. The van der Waals surface area contributed by atoms with Gasteiger partial charge >= 0.3 is 0 Å². The highest BCUT2D eigenvalue weighted by Crippen LogP contribution is 2.39. The lowest BCUT2D eigenvalue weighted by molar-refractivity contribution is 0.0790. The van der Waals surface area contributed by atoms with Crippen LogP contribution >= 0.6 is 0 Å². The summed E-state index contributed by atoms with van der Waals surface area (Å²) in [7, 11) is 1.76. The van der Waals surface area contributed by atoms with E-state index in [2.05, 4.69) is 89.7 Å². The van der Waals surface area contributed by atoms with Crippen molar-refractivity contribution in [2.75, 3.05) is 13.6 Å². The average Bonchev–Trinajstić information content (AvgIpc) is 3.52. The average molecular weight is 623 g/mol. The SMILES string of the molecule is C=C/C(=C\C)C(C)(C)c1cc(-n2nc3cc(C=O)c(C(=O)N(C)CCCC)cc3n2)cc(C(C)(C)c2ccccc2)c1.CC.CC. The minimum absolute atomic E-state index is 0.194. The van der Waals surface area contributed by atoms with Gasteiger partial charge in [0.05, 0.1) is 11.3 Å². The van der Waals surface area contributed by atoms with Gasteiger partial charge in [-0.15, -0.1) is 10.2 Å². The Labute approximate surface area is 277 Å². The number of hydrogen-bond donors (Lipinski definition) is 0. The molecule has 0 radical (unpaired) electrons. The van der Waals surface area contributed by atoms with E-state index in [4.69, 9.17) is 10.2 Å². The van der Waals surface area contributed by atoms with Gasteiger partial charge in [0.1, 0.15) is 11.0 Å².